The fourth-order valence-electron chi connectivity index (χ4n) is 2.56. The average Bonchev–Trinajstić information content (AvgIpc) is 3.47. The van der Waals surface area contributed by atoms with Crippen LogP contribution in [-0.2, 0) is 9.53 Å². The second-order valence-corrected chi connectivity index (χ2v) is 7.64. The second-order valence-electron chi connectivity index (χ2n) is 6.41. The molecule has 6 nitrogen and oxygen atoms in total. The Balaban J connectivity index is 1.54. The minimum Gasteiger partial charge on any atom is -0.497 e. The first kappa shape index (κ1) is 19.2. The van der Waals surface area contributed by atoms with Crippen molar-refractivity contribution in [1.29, 1.82) is 0 Å². The van der Waals surface area contributed by atoms with E-state index in [0.717, 1.165) is 29.0 Å². The molecular weight excluding hydrogens is 366 g/mol. The first-order chi connectivity index (χ1) is 13.0. The van der Waals surface area contributed by atoms with Crippen LogP contribution in [0.15, 0.2) is 24.3 Å². The zero-order valence-electron chi connectivity index (χ0n) is 15.7. The molecule has 0 unspecified atom stereocenters. The van der Waals surface area contributed by atoms with Gasteiger partial charge in [0.2, 0.25) is 5.91 Å². The number of nitrogens with one attached hydrogen (secondary N) is 1. The van der Waals surface area contributed by atoms with Crippen LogP contribution in [0.1, 0.15) is 33.6 Å². The van der Waals surface area contributed by atoms with Crippen LogP contribution in [0.25, 0.3) is 0 Å². The molecule has 0 spiro atoms. The van der Waals surface area contributed by atoms with Crippen LogP contribution in [0, 0.1) is 19.8 Å². The Hall–Kier alpha value is -2.54. The van der Waals surface area contributed by atoms with Crippen molar-refractivity contribution in [3.63, 3.8) is 0 Å². The number of carbonyl (C=O) groups excluding carboxylic acids is 2. The molecule has 7 heteroatoms. The highest BCUT2D eigenvalue weighted by Gasteiger charge is 2.31. The van der Waals surface area contributed by atoms with Crippen LogP contribution in [0.2, 0.25) is 0 Å². The normalized spacial score (nSPS) is 13.1. The molecule has 1 N–H and O–H groups in total. The largest absolute Gasteiger partial charge is 0.497 e. The molecule has 1 heterocycles. The van der Waals surface area contributed by atoms with Crippen LogP contribution in [0.3, 0.4) is 0 Å². The van der Waals surface area contributed by atoms with Gasteiger partial charge < -0.3 is 19.5 Å². The summed E-state index contributed by atoms with van der Waals surface area (Å²) in [5, 5.41) is 3.45. The maximum Gasteiger partial charge on any atom is 0.341 e. The standard InChI is InChI=1S/C20H23NO5S/c1-12-13(2)27-19(21-18(22)14-4-5-14)17(12)20(23)26-11-10-25-16-8-6-15(24-3)7-9-16/h6-9,14H,4-5,10-11H2,1-3H3,(H,21,22). The number of thiophene rings is 1. The van der Waals surface area contributed by atoms with Crippen LogP contribution < -0.4 is 14.8 Å². The number of benzene rings is 1. The van der Waals surface area contributed by atoms with Gasteiger partial charge in [-0.1, -0.05) is 0 Å². The van der Waals surface area contributed by atoms with Crippen LogP contribution in [0.4, 0.5) is 5.00 Å². The lowest BCUT2D eigenvalue weighted by Gasteiger charge is -2.09. The van der Waals surface area contributed by atoms with Crippen molar-refractivity contribution in [3.8, 4) is 11.5 Å². The number of aryl methyl sites for hydroxylation is 1. The van der Waals surface area contributed by atoms with Crippen molar-refractivity contribution in [3.05, 3.63) is 40.3 Å². The number of hydrogen-bond acceptors (Lipinski definition) is 6. The van der Waals surface area contributed by atoms with Gasteiger partial charge in [-0.3, -0.25) is 4.79 Å². The fourth-order valence-corrected chi connectivity index (χ4v) is 3.61. The number of amides is 1. The highest BCUT2D eigenvalue weighted by atomic mass is 32.1. The topological polar surface area (TPSA) is 73.9 Å². The van der Waals surface area contributed by atoms with Gasteiger partial charge in [0.25, 0.3) is 0 Å². The lowest BCUT2D eigenvalue weighted by molar-refractivity contribution is -0.117. The average molecular weight is 389 g/mol. The van der Waals surface area contributed by atoms with E-state index in [1.807, 2.05) is 13.8 Å². The van der Waals surface area contributed by atoms with Gasteiger partial charge in [0.05, 0.1) is 12.7 Å². The van der Waals surface area contributed by atoms with E-state index < -0.39 is 5.97 Å². The van der Waals surface area contributed by atoms with E-state index in [-0.39, 0.29) is 25.0 Å². The van der Waals surface area contributed by atoms with Crippen molar-refractivity contribution in [2.75, 3.05) is 25.6 Å². The van der Waals surface area contributed by atoms with Crippen LogP contribution in [0.5, 0.6) is 11.5 Å². The molecule has 0 saturated heterocycles. The minimum absolute atomic E-state index is 0.0202. The first-order valence-electron chi connectivity index (χ1n) is 8.84. The Kier molecular flexibility index (Phi) is 6.01. The molecule has 3 rings (SSSR count). The summed E-state index contributed by atoms with van der Waals surface area (Å²) < 4.78 is 16.0. The van der Waals surface area contributed by atoms with Gasteiger partial charge in [-0.25, -0.2) is 4.79 Å². The molecule has 1 aromatic heterocycles. The summed E-state index contributed by atoms with van der Waals surface area (Å²) in [6.07, 6.45) is 1.83. The maximum atomic E-state index is 12.5. The van der Waals surface area contributed by atoms with E-state index in [1.54, 1.807) is 31.4 Å². The zero-order chi connectivity index (χ0) is 19.4. The van der Waals surface area contributed by atoms with Crippen LogP contribution in [-0.4, -0.2) is 32.2 Å². The number of esters is 1. The third kappa shape index (κ3) is 4.80. The molecule has 0 atom stereocenters. The molecule has 27 heavy (non-hydrogen) atoms. The zero-order valence-corrected chi connectivity index (χ0v) is 16.5. The second kappa shape index (κ2) is 8.43. The summed E-state index contributed by atoms with van der Waals surface area (Å²) in [6.45, 7) is 4.15. The predicted octanol–water partition coefficient (Wildman–Crippen LogP) is 3.96. The first-order valence-corrected chi connectivity index (χ1v) is 9.66. The summed E-state index contributed by atoms with van der Waals surface area (Å²) in [5.74, 6) is 1.04. The number of carbonyl (C=O) groups is 2. The summed E-state index contributed by atoms with van der Waals surface area (Å²) in [5.41, 5.74) is 1.28. The molecule has 1 aliphatic rings. The molecule has 0 radical (unpaired) electrons. The summed E-state index contributed by atoms with van der Waals surface area (Å²) in [7, 11) is 1.60. The van der Waals surface area contributed by atoms with Gasteiger partial charge >= 0.3 is 5.97 Å². The molecule has 1 aliphatic carbocycles. The molecule has 0 bridgehead atoms. The quantitative estimate of drug-likeness (QED) is 0.546. The van der Waals surface area contributed by atoms with E-state index in [0.29, 0.717) is 16.3 Å². The van der Waals surface area contributed by atoms with Gasteiger partial charge in [0, 0.05) is 10.8 Å². The van der Waals surface area contributed by atoms with E-state index in [2.05, 4.69) is 5.32 Å². The monoisotopic (exact) mass is 389 g/mol. The SMILES string of the molecule is COc1ccc(OCCOC(=O)c2c(NC(=O)C3CC3)sc(C)c2C)cc1. The van der Waals surface area contributed by atoms with Crippen molar-refractivity contribution in [2.45, 2.75) is 26.7 Å². The molecule has 2 aromatic rings. The molecule has 144 valence electrons. The summed E-state index contributed by atoms with van der Waals surface area (Å²) in [6, 6.07) is 7.18. The van der Waals surface area contributed by atoms with Gasteiger partial charge in [-0.2, -0.15) is 0 Å². The Morgan fingerprint density at radius 3 is 2.41 bits per heavy atom. The van der Waals surface area contributed by atoms with E-state index in [4.69, 9.17) is 14.2 Å². The van der Waals surface area contributed by atoms with Gasteiger partial charge in [-0.05, 0) is 56.5 Å². The molecule has 1 fully saturated rings. The number of ether oxygens (including phenoxy) is 3. The van der Waals surface area contributed by atoms with Crippen molar-refractivity contribution in [2.24, 2.45) is 5.92 Å². The van der Waals surface area contributed by atoms with Crippen molar-refractivity contribution >= 4 is 28.2 Å². The lowest BCUT2D eigenvalue weighted by atomic mass is 10.1. The number of methoxy groups -OCH3 is 1. The third-order valence-electron chi connectivity index (χ3n) is 4.42. The molecule has 1 amide bonds. The Bertz CT molecular complexity index is 824. The Morgan fingerprint density at radius 1 is 1.11 bits per heavy atom. The number of hydrogen-bond donors (Lipinski definition) is 1. The molecule has 1 saturated carbocycles. The van der Waals surface area contributed by atoms with E-state index in [1.165, 1.54) is 11.3 Å². The highest BCUT2D eigenvalue weighted by molar-refractivity contribution is 7.16. The van der Waals surface area contributed by atoms with Crippen molar-refractivity contribution in [1.82, 2.24) is 0 Å². The smallest absolute Gasteiger partial charge is 0.341 e. The highest BCUT2D eigenvalue weighted by Crippen LogP contribution is 2.36. The summed E-state index contributed by atoms with van der Waals surface area (Å²) >= 11 is 1.41. The molecule has 1 aromatic carbocycles. The maximum absolute atomic E-state index is 12.5. The molecule has 0 aliphatic heterocycles. The van der Waals surface area contributed by atoms with E-state index in [9.17, 15) is 9.59 Å². The van der Waals surface area contributed by atoms with Crippen molar-refractivity contribution < 1.29 is 23.8 Å². The number of rotatable bonds is 8. The Labute approximate surface area is 162 Å². The third-order valence-corrected chi connectivity index (χ3v) is 5.54. The lowest BCUT2D eigenvalue weighted by Crippen LogP contribution is -2.17. The van der Waals surface area contributed by atoms with Gasteiger partial charge in [-0.15, -0.1) is 11.3 Å². The predicted molar refractivity (Wildman–Crippen MR) is 104 cm³/mol. The molecular formula is C20H23NO5S. The Morgan fingerprint density at radius 2 is 1.78 bits per heavy atom. The van der Waals surface area contributed by atoms with E-state index >= 15 is 0 Å². The fraction of sp³-hybridized carbons (Fsp3) is 0.400. The summed E-state index contributed by atoms with van der Waals surface area (Å²) in [4.78, 5) is 25.6. The minimum atomic E-state index is -0.443. The van der Waals surface area contributed by atoms with Gasteiger partial charge in [0.1, 0.15) is 29.7 Å². The van der Waals surface area contributed by atoms with Gasteiger partial charge in [0.15, 0.2) is 0 Å². The van der Waals surface area contributed by atoms with Crippen LogP contribution >= 0.6 is 11.3 Å². The number of anilines is 1.